The Hall–Kier alpha value is -2.31. The highest BCUT2D eigenvalue weighted by Crippen LogP contribution is 2.13. The summed E-state index contributed by atoms with van der Waals surface area (Å²) in [5.41, 5.74) is 0.763. The highest BCUT2D eigenvalue weighted by Gasteiger charge is 2.04. The topological polar surface area (TPSA) is 89.5 Å². The van der Waals surface area contributed by atoms with Crippen molar-refractivity contribution in [2.24, 2.45) is 0 Å². The molecule has 0 saturated heterocycles. The lowest BCUT2D eigenvalue weighted by Gasteiger charge is -2.08. The summed E-state index contributed by atoms with van der Waals surface area (Å²) < 4.78 is 10.2. The molecule has 1 aromatic rings. The number of alkyl carbamates (subject to hydrolysis) is 2. The van der Waals surface area contributed by atoms with Crippen molar-refractivity contribution < 1.29 is 19.1 Å². The lowest BCUT2D eigenvalue weighted by atomic mass is 10.0. The molecular formula is C29H51N3O4. The van der Waals surface area contributed by atoms with Crippen molar-refractivity contribution in [3.05, 3.63) is 30.1 Å². The maximum Gasteiger partial charge on any atom is 0.407 e. The minimum atomic E-state index is -0.506. The molecule has 1 heterocycles. The fourth-order valence-electron chi connectivity index (χ4n) is 4.02. The van der Waals surface area contributed by atoms with E-state index in [0.29, 0.717) is 19.5 Å². The molecule has 0 bridgehead atoms. The lowest BCUT2D eigenvalue weighted by Crippen LogP contribution is -2.27. The average molecular weight is 506 g/mol. The van der Waals surface area contributed by atoms with Crippen LogP contribution < -0.4 is 10.6 Å². The van der Waals surface area contributed by atoms with Gasteiger partial charge in [-0.1, -0.05) is 109 Å². The molecule has 1 rings (SSSR count). The van der Waals surface area contributed by atoms with Gasteiger partial charge < -0.3 is 20.1 Å². The van der Waals surface area contributed by atoms with Crippen LogP contribution in [0, 0.1) is 0 Å². The number of hydrogen-bond acceptors (Lipinski definition) is 5. The van der Waals surface area contributed by atoms with Crippen LogP contribution in [0.15, 0.2) is 24.4 Å². The van der Waals surface area contributed by atoms with E-state index >= 15 is 0 Å². The number of hydrogen-bond donors (Lipinski definition) is 2. The second-order valence-corrected chi connectivity index (χ2v) is 9.53. The van der Waals surface area contributed by atoms with Gasteiger partial charge in [0.25, 0.3) is 0 Å². The Morgan fingerprint density at radius 2 is 1.17 bits per heavy atom. The van der Waals surface area contributed by atoms with Gasteiger partial charge in [-0.15, -0.1) is 0 Å². The number of unbranched alkanes of at least 4 members (excludes halogenated alkanes) is 15. The second-order valence-electron chi connectivity index (χ2n) is 9.53. The molecule has 0 aliphatic heterocycles. The largest absolute Gasteiger partial charge is 0.449 e. The van der Waals surface area contributed by atoms with Crippen LogP contribution in [0.25, 0.3) is 0 Å². The summed E-state index contributed by atoms with van der Waals surface area (Å²) in [7, 11) is 0. The molecule has 7 heteroatoms. The lowest BCUT2D eigenvalue weighted by molar-refractivity contribution is 0.118. The Labute approximate surface area is 219 Å². The van der Waals surface area contributed by atoms with Gasteiger partial charge in [0, 0.05) is 19.2 Å². The summed E-state index contributed by atoms with van der Waals surface area (Å²) in [4.78, 5) is 27.4. The molecule has 7 nitrogen and oxygen atoms in total. The van der Waals surface area contributed by atoms with Crippen LogP contribution in [0.3, 0.4) is 0 Å². The molecule has 0 aromatic carbocycles. The Balaban J connectivity index is 1.76. The van der Waals surface area contributed by atoms with Crippen molar-refractivity contribution in [3.63, 3.8) is 0 Å². The van der Waals surface area contributed by atoms with Crippen molar-refractivity contribution in [2.45, 2.75) is 123 Å². The number of ether oxygens (including phenoxy) is 2. The third-order valence-corrected chi connectivity index (χ3v) is 6.19. The smallest absolute Gasteiger partial charge is 0.407 e. The van der Waals surface area contributed by atoms with Crippen molar-refractivity contribution in [1.82, 2.24) is 15.6 Å². The normalized spacial score (nSPS) is 10.7. The Morgan fingerprint density at radius 3 is 1.67 bits per heavy atom. The van der Waals surface area contributed by atoms with Gasteiger partial charge in [0.15, 0.2) is 0 Å². The van der Waals surface area contributed by atoms with Crippen molar-refractivity contribution in [2.75, 3.05) is 19.8 Å². The number of rotatable bonds is 23. The van der Waals surface area contributed by atoms with Crippen LogP contribution in [0.5, 0.6) is 0 Å². The minimum absolute atomic E-state index is 0.195. The number of amides is 2. The summed E-state index contributed by atoms with van der Waals surface area (Å²) in [5.74, 6) is 0. The quantitative estimate of drug-likeness (QED) is 0.149. The molecule has 2 amide bonds. The van der Waals surface area contributed by atoms with Crippen molar-refractivity contribution in [3.8, 4) is 0 Å². The van der Waals surface area contributed by atoms with Crippen LogP contribution in [-0.2, 0) is 16.0 Å². The van der Waals surface area contributed by atoms with Crippen molar-refractivity contribution >= 4 is 12.2 Å². The van der Waals surface area contributed by atoms with Gasteiger partial charge in [0.1, 0.15) is 0 Å². The predicted molar refractivity (Wildman–Crippen MR) is 146 cm³/mol. The van der Waals surface area contributed by atoms with E-state index in [2.05, 4.69) is 22.5 Å². The maximum atomic E-state index is 11.7. The van der Waals surface area contributed by atoms with Crippen LogP contribution >= 0.6 is 0 Å². The monoisotopic (exact) mass is 505 g/mol. The standard InChI is InChI=1S/C29H51N3O4/c1-2-3-4-5-6-7-8-9-10-11-12-13-14-15-16-18-23-31-28(33)35-24-20-25-36-29(34)32-26-27-21-17-19-22-30-27/h17,19,21-22H,2-16,18,20,23-26H2,1H3,(H,31,33)(H,32,34). The van der Waals surface area contributed by atoms with Gasteiger partial charge in [0.2, 0.25) is 0 Å². The van der Waals surface area contributed by atoms with E-state index in [1.54, 1.807) is 6.20 Å². The maximum absolute atomic E-state index is 11.7. The van der Waals surface area contributed by atoms with Crippen molar-refractivity contribution in [1.29, 1.82) is 0 Å². The number of aromatic nitrogens is 1. The molecular weight excluding hydrogens is 454 g/mol. The number of nitrogens with one attached hydrogen (secondary N) is 2. The average Bonchev–Trinajstić information content (AvgIpc) is 2.89. The number of nitrogens with zero attached hydrogens (tertiary/aromatic N) is 1. The summed E-state index contributed by atoms with van der Waals surface area (Å²) in [6, 6.07) is 5.50. The van der Waals surface area contributed by atoms with Gasteiger partial charge in [0.05, 0.1) is 25.5 Å². The number of pyridine rings is 1. The first kappa shape index (κ1) is 31.7. The number of carbonyl (C=O) groups excluding carboxylic acids is 2. The molecule has 36 heavy (non-hydrogen) atoms. The highest BCUT2D eigenvalue weighted by molar-refractivity contribution is 5.67. The van der Waals surface area contributed by atoms with E-state index in [1.807, 2.05) is 18.2 Å². The van der Waals surface area contributed by atoms with E-state index in [4.69, 9.17) is 9.47 Å². The van der Waals surface area contributed by atoms with Gasteiger partial charge in [-0.25, -0.2) is 9.59 Å². The first-order chi connectivity index (χ1) is 17.7. The molecule has 0 unspecified atom stereocenters. The fraction of sp³-hybridized carbons (Fsp3) is 0.759. The molecule has 1 aromatic heterocycles. The van der Waals surface area contributed by atoms with E-state index in [1.165, 1.54) is 89.9 Å². The molecule has 0 fully saturated rings. The molecule has 2 N–H and O–H groups in total. The minimum Gasteiger partial charge on any atom is -0.449 e. The SMILES string of the molecule is CCCCCCCCCCCCCCCCCCNC(=O)OCCCOC(=O)NCc1ccccn1. The third-order valence-electron chi connectivity index (χ3n) is 6.19. The molecule has 0 saturated carbocycles. The Bertz CT molecular complexity index is 643. The molecule has 206 valence electrons. The third kappa shape index (κ3) is 21.0. The zero-order valence-corrected chi connectivity index (χ0v) is 22.7. The fourth-order valence-corrected chi connectivity index (χ4v) is 4.02. The van der Waals surface area contributed by atoms with Crippen LogP contribution in [-0.4, -0.2) is 36.9 Å². The van der Waals surface area contributed by atoms with E-state index in [0.717, 1.165) is 18.5 Å². The van der Waals surface area contributed by atoms with Gasteiger partial charge in [-0.3, -0.25) is 4.98 Å². The first-order valence-corrected chi connectivity index (χ1v) is 14.4. The zero-order chi connectivity index (χ0) is 25.9. The van der Waals surface area contributed by atoms with E-state index in [-0.39, 0.29) is 13.2 Å². The summed E-state index contributed by atoms with van der Waals surface area (Å²) in [5, 5.41) is 5.41. The number of carbonyl (C=O) groups is 2. The van der Waals surface area contributed by atoms with Gasteiger partial charge in [-0.2, -0.15) is 0 Å². The van der Waals surface area contributed by atoms with E-state index in [9.17, 15) is 9.59 Å². The van der Waals surface area contributed by atoms with Gasteiger partial charge in [-0.05, 0) is 18.6 Å². The van der Waals surface area contributed by atoms with Crippen LogP contribution in [0.2, 0.25) is 0 Å². The molecule has 0 aliphatic carbocycles. The Morgan fingerprint density at radius 1 is 0.667 bits per heavy atom. The van der Waals surface area contributed by atoms with Crippen LogP contribution in [0.4, 0.5) is 9.59 Å². The summed E-state index contributed by atoms with van der Waals surface area (Å²) >= 11 is 0. The molecule has 0 spiro atoms. The summed E-state index contributed by atoms with van der Waals surface area (Å²) in [6.07, 6.45) is 22.6. The Kier molecular flexibility index (Phi) is 21.5. The molecule has 0 aliphatic rings. The predicted octanol–water partition coefficient (Wildman–Crippen LogP) is 7.69. The first-order valence-electron chi connectivity index (χ1n) is 14.4. The summed E-state index contributed by atoms with van der Waals surface area (Å²) in [6.45, 7) is 3.65. The van der Waals surface area contributed by atoms with E-state index < -0.39 is 12.2 Å². The molecule has 0 atom stereocenters. The second kappa shape index (κ2) is 24.4. The molecule has 0 radical (unpaired) electrons. The van der Waals surface area contributed by atoms with Crippen LogP contribution in [0.1, 0.15) is 122 Å². The highest BCUT2D eigenvalue weighted by atomic mass is 16.6. The van der Waals surface area contributed by atoms with Gasteiger partial charge >= 0.3 is 12.2 Å². The zero-order valence-electron chi connectivity index (χ0n) is 22.7.